The zero-order valence-corrected chi connectivity index (χ0v) is 12.9. The lowest BCUT2D eigenvalue weighted by Crippen LogP contribution is -1.94. The maximum absolute atomic E-state index is 12.9. The molecular formula is C16H13FN2O3S. The third kappa shape index (κ3) is 2.83. The first kappa shape index (κ1) is 15.2. The Morgan fingerprint density at radius 2 is 1.74 bits per heavy atom. The van der Waals surface area contributed by atoms with E-state index in [1.54, 1.807) is 25.4 Å². The van der Waals surface area contributed by atoms with Crippen LogP contribution >= 0.6 is 0 Å². The molecule has 5 nitrogen and oxygen atoms in total. The highest BCUT2D eigenvalue weighted by molar-refractivity contribution is 7.85. The van der Waals surface area contributed by atoms with E-state index in [1.807, 2.05) is 0 Å². The highest BCUT2D eigenvalue weighted by Gasteiger charge is 2.15. The Kier molecular flexibility index (Phi) is 3.87. The van der Waals surface area contributed by atoms with Gasteiger partial charge < -0.3 is 14.8 Å². The summed E-state index contributed by atoms with van der Waals surface area (Å²) in [5.74, 6) is -0.897. The van der Waals surface area contributed by atoms with Gasteiger partial charge in [-0.3, -0.25) is 4.98 Å². The van der Waals surface area contributed by atoms with Gasteiger partial charge in [0.05, 0.1) is 27.0 Å². The number of aromatic hydroxyl groups is 2. The quantitative estimate of drug-likeness (QED) is 0.773. The average Bonchev–Trinajstić information content (AvgIpc) is 2.83. The Labute approximate surface area is 134 Å². The minimum atomic E-state index is -1.47. The van der Waals surface area contributed by atoms with Gasteiger partial charge in [0.2, 0.25) is 5.88 Å². The maximum atomic E-state index is 12.9. The van der Waals surface area contributed by atoms with Crippen LogP contribution in [0.4, 0.5) is 4.39 Å². The summed E-state index contributed by atoms with van der Waals surface area (Å²) in [5, 5.41) is 19.5. The molecule has 0 saturated carbocycles. The second kappa shape index (κ2) is 5.85. The average molecular weight is 332 g/mol. The molecule has 3 aromatic rings. The fourth-order valence-corrected chi connectivity index (χ4v) is 3.13. The normalized spacial score (nSPS) is 12.3. The predicted molar refractivity (Wildman–Crippen MR) is 83.0 cm³/mol. The number of hydrogen-bond acceptors (Lipinski definition) is 4. The zero-order chi connectivity index (χ0) is 16.6. The number of benzene rings is 1. The van der Waals surface area contributed by atoms with E-state index in [2.05, 4.69) is 4.98 Å². The van der Waals surface area contributed by atoms with E-state index < -0.39 is 16.6 Å². The minimum absolute atomic E-state index is 0.249. The standard InChI is InChI=1S/C16H13FN2O3S/c1-19-9-13(15(20)16(19)21)14-7-6-12(8-18-14)23(22)11-4-2-10(17)3-5-11/h2-9,20-21H,1H3. The summed E-state index contributed by atoms with van der Waals surface area (Å²) in [4.78, 5) is 5.11. The first-order valence-corrected chi connectivity index (χ1v) is 7.83. The van der Waals surface area contributed by atoms with Crippen molar-refractivity contribution in [3.63, 3.8) is 0 Å². The number of halogens is 1. The number of pyridine rings is 1. The second-order valence-corrected chi connectivity index (χ2v) is 6.41. The van der Waals surface area contributed by atoms with Crippen LogP contribution in [0.5, 0.6) is 11.6 Å². The van der Waals surface area contributed by atoms with Crippen LogP contribution < -0.4 is 0 Å². The Bertz CT molecular complexity index is 874. The van der Waals surface area contributed by atoms with Gasteiger partial charge in [0, 0.05) is 24.3 Å². The number of aromatic nitrogens is 2. The first-order chi connectivity index (χ1) is 11.0. The van der Waals surface area contributed by atoms with E-state index in [0.29, 0.717) is 21.0 Å². The minimum Gasteiger partial charge on any atom is -0.503 e. The van der Waals surface area contributed by atoms with Gasteiger partial charge in [-0.2, -0.15) is 0 Å². The molecule has 7 heteroatoms. The molecule has 0 saturated heterocycles. The van der Waals surface area contributed by atoms with Crippen molar-refractivity contribution in [2.24, 2.45) is 7.05 Å². The van der Waals surface area contributed by atoms with Crippen molar-refractivity contribution >= 4 is 10.8 Å². The molecule has 1 aromatic carbocycles. The summed E-state index contributed by atoms with van der Waals surface area (Å²) in [6.07, 6.45) is 2.97. The topological polar surface area (TPSA) is 75.4 Å². The van der Waals surface area contributed by atoms with Gasteiger partial charge in [0.15, 0.2) is 5.75 Å². The van der Waals surface area contributed by atoms with Gasteiger partial charge in [0.1, 0.15) is 5.82 Å². The summed E-state index contributed by atoms with van der Waals surface area (Å²) in [6.45, 7) is 0. The van der Waals surface area contributed by atoms with E-state index >= 15 is 0 Å². The molecule has 0 radical (unpaired) electrons. The van der Waals surface area contributed by atoms with Gasteiger partial charge in [-0.25, -0.2) is 8.60 Å². The molecular weight excluding hydrogens is 319 g/mol. The molecule has 23 heavy (non-hydrogen) atoms. The van der Waals surface area contributed by atoms with Crippen molar-refractivity contribution in [3.8, 4) is 22.9 Å². The van der Waals surface area contributed by atoms with E-state index in [4.69, 9.17) is 0 Å². The number of nitrogens with zero attached hydrogens (tertiary/aromatic N) is 2. The SMILES string of the molecule is Cn1cc(-c2ccc(S(=O)c3ccc(F)cc3)cn2)c(O)c1O. The third-order valence-corrected chi connectivity index (χ3v) is 4.75. The first-order valence-electron chi connectivity index (χ1n) is 6.68. The molecule has 2 aromatic heterocycles. The molecule has 0 spiro atoms. The Morgan fingerprint density at radius 1 is 1.09 bits per heavy atom. The van der Waals surface area contributed by atoms with Crippen LogP contribution in [0.15, 0.2) is 58.6 Å². The molecule has 1 atom stereocenters. The van der Waals surface area contributed by atoms with Crippen molar-refractivity contribution in [2.45, 2.75) is 9.79 Å². The maximum Gasteiger partial charge on any atom is 0.235 e. The fraction of sp³-hybridized carbons (Fsp3) is 0.0625. The highest BCUT2D eigenvalue weighted by atomic mass is 32.2. The molecule has 0 bridgehead atoms. The van der Waals surface area contributed by atoms with E-state index in [0.717, 1.165) is 0 Å². The van der Waals surface area contributed by atoms with Gasteiger partial charge in [-0.15, -0.1) is 0 Å². The molecule has 1 unspecified atom stereocenters. The van der Waals surface area contributed by atoms with Crippen LogP contribution in [0, 0.1) is 5.82 Å². The molecule has 0 aliphatic heterocycles. The molecule has 2 heterocycles. The highest BCUT2D eigenvalue weighted by Crippen LogP contribution is 2.37. The van der Waals surface area contributed by atoms with Crippen LogP contribution in [0.25, 0.3) is 11.3 Å². The fourth-order valence-electron chi connectivity index (χ4n) is 2.13. The van der Waals surface area contributed by atoms with Crippen LogP contribution in [0.3, 0.4) is 0 Å². The number of aryl methyl sites for hydroxylation is 1. The van der Waals surface area contributed by atoms with Crippen molar-refractivity contribution in [1.29, 1.82) is 0 Å². The van der Waals surface area contributed by atoms with Crippen LogP contribution in [0.2, 0.25) is 0 Å². The van der Waals surface area contributed by atoms with Crippen molar-refractivity contribution < 1.29 is 18.8 Å². The lowest BCUT2D eigenvalue weighted by Gasteiger charge is -2.04. The molecule has 2 N–H and O–H groups in total. The van der Waals surface area contributed by atoms with Gasteiger partial charge in [0.25, 0.3) is 0 Å². The zero-order valence-electron chi connectivity index (χ0n) is 12.1. The van der Waals surface area contributed by atoms with Crippen LogP contribution in [-0.4, -0.2) is 24.0 Å². The smallest absolute Gasteiger partial charge is 0.235 e. The molecule has 0 aliphatic carbocycles. The molecule has 3 rings (SSSR count). The number of hydrogen-bond donors (Lipinski definition) is 2. The van der Waals surface area contributed by atoms with E-state index in [-0.39, 0.29) is 11.6 Å². The predicted octanol–water partition coefficient (Wildman–Crippen LogP) is 2.80. The van der Waals surface area contributed by atoms with Gasteiger partial charge in [-0.05, 0) is 36.4 Å². The monoisotopic (exact) mass is 332 g/mol. The molecule has 0 amide bonds. The molecule has 0 aliphatic rings. The summed E-state index contributed by atoms with van der Waals surface area (Å²) >= 11 is 0. The Hall–Kier alpha value is -2.67. The Morgan fingerprint density at radius 3 is 2.26 bits per heavy atom. The van der Waals surface area contributed by atoms with Crippen molar-refractivity contribution in [3.05, 3.63) is 54.6 Å². The van der Waals surface area contributed by atoms with Crippen molar-refractivity contribution in [2.75, 3.05) is 0 Å². The lowest BCUT2D eigenvalue weighted by atomic mass is 10.2. The lowest BCUT2D eigenvalue weighted by molar-refractivity contribution is 0.381. The summed E-state index contributed by atoms with van der Waals surface area (Å²) in [6, 6.07) is 8.64. The summed E-state index contributed by atoms with van der Waals surface area (Å²) < 4.78 is 26.7. The molecule has 0 fully saturated rings. The molecule has 118 valence electrons. The van der Waals surface area contributed by atoms with Gasteiger partial charge in [-0.1, -0.05) is 0 Å². The van der Waals surface area contributed by atoms with Crippen LogP contribution in [0.1, 0.15) is 0 Å². The summed E-state index contributed by atoms with van der Waals surface area (Å²) in [7, 11) is 0.123. The van der Waals surface area contributed by atoms with Gasteiger partial charge >= 0.3 is 0 Å². The Balaban J connectivity index is 1.91. The van der Waals surface area contributed by atoms with Crippen LogP contribution in [-0.2, 0) is 17.8 Å². The third-order valence-electron chi connectivity index (χ3n) is 3.38. The summed E-state index contributed by atoms with van der Waals surface area (Å²) in [5.41, 5.74) is 0.822. The second-order valence-electron chi connectivity index (χ2n) is 4.93. The van der Waals surface area contributed by atoms with Crippen molar-refractivity contribution in [1.82, 2.24) is 9.55 Å². The van der Waals surface area contributed by atoms with E-state index in [1.165, 1.54) is 35.0 Å². The number of rotatable bonds is 3. The van der Waals surface area contributed by atoms with E-state index in [9.17, 15) is 18.8 Å². The largest absolute Gasteiger partial charge is 0.503 e.